The quantitative estimate of drug-likeness (QED) is 0.730. The van der Waals surface area contributed by atoms with Gasteiger partial charge in [0.25, 0.3) is 5.91 Å². The van der Waals surface area contributed by atoms with Gasteiger partial charge in [-0.05, 0) is 61.7 Å². The fourth-order valence-electron chi connectivity index (χ4n) is 2.79. The number of sulfonamides is 1. The Hall–Kier alpha value is -2.18. The molecule has 0 saturated carbocycles. The minimum absolute atomic E-state index is 0.212. The SMILES string of the molecule is CCCCN(CC)S(=O)(=O)c1ccc(C(=O)Nc2cccc(C)c2C)cc1. The number of nitrogens with zero attached hydrogens (tertiary/aromatic N) is 1. The highest BCUT2D eigenvalue weighted by molar-refractivity contribution is 7.89. The van der Waals surface area contributed by atoms with E-state index in [0.29, 0.717) is 18.7 Å². The second-order valence-corrected chi connectivity index (χ2v) is 8.51. The summed E-state index contributed by atoms with van der Waals surface area (Å²) in [5.41, 5.74) is 3.29. The third kappa shape index (κ3) is 4.96. The van der Waals surface area contributed by atoms with E-state index in [1.165, 1.54) is 16.4 Å². The summed E-state index contributed by atoms with van der Waals surface area (Å²) in [5.74, 6) is -0.258. The van der Waals surface area contributed by atoms with Gasteiger partial charge in [0.15, 0.2) is 0 Å². The van der Waals surface area contributed by atoms with E-state index in [1.807, 2.05) is 45.9 Å². The smallest absolute Gasteiger partial charge is 0.255 e. The Labute approximate surface area is 162 Å². The van der Waals surface area contributed by atoms with Crippen LogP contribution < -0.4 is 5.32 Å². The van der Waals surface area contributed by atoms with Gasteiger partial charge in [0.05, 0.1) is 4.90 Å². The molecule has 2 aromatic rings. The van der Waals surface area contributed by atoms with E-state index in [-0.39, 0.29) is 10.8 Å². The summed E-state index contributed by atoms with van der Waals surface area (Å²) in [4.78, 5) is 12.7. The molecule has 6 heteroatoms. The third-order valence-corrected chi connectivity index (χ3v) is 6.71. The van der Waals surface area contributed by atoms with E-state index >= 15 is 0 Å². The van der Waals surface area contributed by atoms with E-state index in [2.05, 4.69) is 5.32 Å². The highest BCUT2D eigenvalue weighted by Gasteiger charge is 2.22. The van der Waals surface area contributed by atoms with Crippen molar-refractivity contribution in [3.05, 3.63) is 59.2 Å². The predicted octanol–water partition coefficient (Wildman–Crippen LogP) is 4.37. The standard InChI is InChI=1S/C21H28N2O3S/c1-5-7-15-23(6-2)27(25,26)19-13-11-18(12-14-19)21(24)22-20-10-8-9-16(3)17(20)4/h8-14H,5-7,15H2,1-4H3,(H,22,24). The molecule has 146 valence electrons. The number of carbonyl (C=O) groups excluding carboxylic acids is 1. The van der Waals surface area contributed by atoms with Crippen LogP contribution in [0.4, 0.5) is 5.69 Å². The van der Waals surface area contributed by atoms with Gasteiger partial charge in [-0.1, -0.05) is 32.4 Å². The Balaban J connectivity index is 2.18. The molecule has 0 aliphatic rings. The van der Waals surface area contributed by atoms with Gasteiger partial charge in [0, 0.05) is 24.3 Å². The molecule has 0 saturated heterocycles. The molecule has 0 unspecified atom stereocenters. The molecule has 1 N–H and O–H groups in total. The second kappa shape index (κ2) is 9.15. The summed E-state index contributed by atoms with van der Waals surface area (Å²) in [6, 6.07) is 11.9. The van der Waals surface area contributed by atoms with Gasteiger partial charge >= 0.3 is 0 Å². The number of aryl methyl sites for hydroxylation is 1. The molecule has 0 aromatic heterocycles. The van der Waals surface area contributed by atoms with Crippen molar-refractivity contribution in [1.29, 1.82) is 0 Å². The van der Waals surface area contributed by atoms with Gasteiger partial charge in [-0.15, -0.1) is 0 Å². The molecular weight excluding hydrogens is 360 g/mol. The lowest BCUT2D eigenvalue weighted by atomic mass is 10.1. The average Bonchev–Trinajstić information content (AvgIpc) is 2.66. The van der Waals surface area contributed by atoms with Crippen LogP contribution in [0.5, 0.6) is 0 Å². The van der Waals surface area contributed by atoms with Gasteiger partial charge < -0.3 is 5.32 Å². The largest absolute Gasteiger partial charge is 0.322 e. The molecule has 0 bridgehead atoms. The van der Waals surface area contributed by atoms with E-state index < -0.39 is 10.0 Å². The first-order chi connectivity index (χ1) is 12.8. The summed E-state index contributed by atoms with van der Waals surface area (Å²) in [5, 5.41) is 2.89. The maximum Gasteiger partial charge on any atom is 0.255 e. The Kier molecular flexibility index (Phi) is 7.16. The van der Waals surface area contributed by atoms with E-state index in [9.17, 15) is 13.2 Å². The fourth-order valence-corrected chi connectivity index (χ4v) is 4.28. The zero-order valence-corrected chi connectivity index (χ0v) is 17.3. The highest BCUT2D eigenvalue weighted by Crippen LogP contribution is 2.20. The molecule has 0 aliphatic carbocycles. The molecule has 0 heterocycles. The van der Waals surface area contributed by atoms with Gasteiger partial charge in [-0.25, -0.2) is 8.42 Å². The Morgan fingerprint density at radius 1 is 1.04 bits per heavy atom. The number of nitrogens with one attached hydrogen (secondary N) is 1. The monoisotopic (exact) mass is 388 g/mol. The molecular formula is C21H28N2O3S. The predicted molar refractivity (Wildman–Crippen MR) is 110 cm³/mol. The molecule has 0 aliphatic heterocycles. The Morgan fingerprint density at radius 3 is 2.30 bits per heavy atom. The number of hydrogen-bond acceptors (Lipinski definition) is 3. The lowest BCUT2D eigenvalue weighted by Crippen LogP contribution is -2.31. The summed E-state index contributed by atoms with van der Waals surface area (Å²) >= 11 is 0. The zero-order valence-electron chi connectivity index (χ0n) is 16.5. The Bertz CT molecular complexity index is 890. The first-order valence-electron chi connectivity index (χ1n) is 9.29. The first kappa shape index (κ1) is 21.1. The number of anilines is 1. The van der Waals surface area contributed by atoms with Crippen LogP contribution in [0.25, 0.3) is 0 Å². The van der Waals surface area contributed by atoms with Crippen molar-refractivity contribution >= 4 is 21.6 Å². The van der Waals surface area contributed by atoms with Crippen LogP contribution in [0.3, 0.4) is 0 Å². The van der Waals surface area contributed by atoms with Crippen molar-refractivity contribution in [3.63, 3.8) is 0 Å². The summed E-state index contributed by atoms with van der Waals surface area (Å²) in [6.07, 6.45) is 1.76. The first-order valence-corrected chi connectivity index (χ1v) is 10.7. The van der Waals surface area contributed by atoms with Crippen LogP contribution >= 0.6 is 0 Å². The van der Waals surface area contributed by atoms with Gasteiger partial charge in [-0.3, -0.25) is 4.79 Å². The lowest BCUT2D eigenvalue weighted by Gasteiger charge is -2.20. The summed E-state index contributed by atoms with van der Waals surface area (Å²) in [7, 11) is -3.54. The molecule has 0 radical (unpaired) electrons. The molecule has 0 atom stereocenters. The van der Waals surface area contributed by atoms with Crippen LogP contribution in [0.1, 0.15) is 48.2 Å². The van der Waals surface area contributed by atoms with Crippen molar-refractivity contribution in [1.82, 2.24) is 4.31 Å². The van der Waals surface area contributed by atoms with Crippen LogP contribution in [-0.2, 0) is 10.0 Å². The van der Waals surface area contributed by atoms with Crippen LogP contribution in [0.2, 0.25) is 0 Å². The van der Waals surface area contributed by atoms with Gasteiger partial charge in [0.1, 0.15) is 0 Å². The van der Waals surface area contributed by atoms with Gasteiger partial charge in [0.2, 0.25) is 10.0 Å². The third-order valence-electron chi connectivity index (χ3n) is 4.72. The van der Waals surface area contributed by atoms with Crippen LogP contribution in [0.15, 0.2) is 47.4 Å². The van der Waals surface area contributed by atoms with Crippen molar-refractivity contribution in [2.45, 2.75) is 45.4 Å². The van der Waals surface area contributed by atoms with E-state index in [1.54, 1.807) is 12.1 Å². The van der Waals surface area contributed by atoms with Crippen LogP contribution in [-0.4, -0.2) is 31.7 Å². The van der Waals surface area contributed by atoms with E-state index in [0.717, 1.165) is 29.7 Å². The number of benzene rings is 2. The highest BCUT2D eigenvalue weighted by atomic mass is 32.2. The minimum Gasteiger partial charge on any atom is -0.322 e. The molecule has 2 aromatic carbocycles. The Morgan fingerprint density at radius 2 is 1.70 bits per heavy atom. The van der Waals surface area contributed by atoms with Crippen molar-refractivity contribution in [3.8, 4) is 0 Å². The zero-order chi connectivity index (χ0) is 20.0. The van der Waals surface area contributed by atoms with E-state index in [4.69, 9.17) is 0 Å². The normalized spacial score (nSPS) is 11.6. The van der Waals surface area contributed by atoms with Crippen molar-refractivity contribution in [2.24, 2.45) is 0 Å². The molecule has 27 heavy (non-hydrogen) atoms. The maximum absolute atomic E-state index is 12.7. The number of amides is 1. The lowest BCUT2D eigenvalue weighted by molar-refractivity contribution is 0.102. The number of carbonyl (C=O) groups is 1. The van der Waals surface area contributed by atoms with Crippen LogP contribution in [0, 0.1) is 13.8 Å². The average molecular weight is 389 g/mol. The number of unbranched alkanes of at least 4 members (excludes halogenated alkanes) is 1. The molecule has 5 nitrogen and oxygen atoms in total. The van der Waals surface area contributed by atoms with Gasteiger partial charge in [-0.2, -0.15) is 4.31 Å². The summed E-state index contributed by atoms with van der Waals surface area (Å²) < 4.78 is 27.0. The fraction of sp³-hybridized carbons (Fsp3) is 0.381. The minimum atomic E-state index is -3.54. The van der Waals surface area contributed by atoms with Crippen molar-refractivity contribution in [2.75, 3.05) is 18.4 Å². The second-order valence-electron chi connectivity index (χ2n) is 6.58. The maximum atomic E-state index is 12.7. The molecule has 2 rings (SSSR count). The number of rotatable bonds is 8. The number of hydrogen-bond donors (Lipinski definition) is 1. The molecule has 0 fully saturated rings. The van der Waals surface area contributed by atoms with Crippen molar-refractivity contribution < 1.29 is 13.2 Å². The molecule has 0 spiro atoms. The summed E-state index contributed by atoms with van der Waals surface area (Å²) in [6.45, 7) is 8.74. The topological polar surface area (TPSA) is 66.5 Å². The molecule has 1 amide bonds.